The summed E-state index contributed by atoms with van der Waals surface area (Å²) < 4.78 is 11.4. The van der Waals surface area contributed by atoms with Crippen LogP contribution in [0.3, 0.4) is 0 Å². The molecule has 0 aliphatic rings. The van der Waals surface area contributed by atoms with Gasteiger partial charge in [-0.15, -0.1) is 0 Å². The van der Waals surface area contributed by atoms with Gasteiger partial charge in [-0.3, -0.25) is 0 Å². The summed E-state index contributed by atoms with van der Waals surface area (Å²) in [6.07, 6.45) is 0.718. The molecular weight excluding hydrogens is 332 g/mol. The quantitative estimate of drug-likeness (QED) is 0.653. The van der Waals surface area contributed by atoms with E-state index in [0.29, 0.717) is 5.56 Å². The molecule has 0 spiro atoms. The minimum Gasteiger partial charge on any atom is -0.465 e. The minimum atomic E-state index is -0.358. The Morgan fingerprint density at radius 2 is 1.95 bits per heavy atom. The first-order valence-electron chi connectivity index (χ1n) is 6.51. The van der Waals surface area contributed by atoms with E-state index in [2.05, 4.69) is 28.1 Å². The highest BCUT2D eigenvalue weighted by Crippen LogP contribution is 2.30. The van der Waals surface area contributed by atoms with E-state index in [1.54, 1.807) is 12.1 Å². The second-order valence-corrected chi connectivity index (χ2v) is 5.60. The summed E-state index contributed by atoms with van der Waals surface area (Å²) in [7, 11) is 1.37. The lowest BCUT2D eigenvalue weighted by Crippen LogP contribution is -2.00. The minimum absolute atomic E-state index is 0.358. The van der Waals surface area contributed by atoms with Crippen molar-refractivity contribution in [3.05, 3.63) is 69.9 Å². The third kappa shape index (κ3) is 2.85. The van der Waals surface area contributed by atoms with E-state index in [-0.39, 0.29) is 5.97 Å². The van der Waals surface area contributed by atoms with Crippen LogP contribution in [0.1, 0.15) is 21.7 Å². The van der Waals surface area contributed by atoms with Crippen LogP contribution in [0.5, 0.6) is 0 Å². The first-order valence-corrected chi connectivity index (χ1v) is 7.31. The number of fused-ring (bicyclic) bond motifs is 1. The van der Waals surface area contributed by atoms with Gasteiger partial charge in [-0.05, 0) is 39.7 Å². The molecule has 0 aliphatic heterocycles. The second kappa shape index (κ2) is 5.74. The largest absolute Gasteiger partial charge is 0.465 e. The fourth-order valence-electron chi connectivity index (χ4n) is 2.28. The normalized spacial score (nSPS) is 10.8. The van der Waals surface area contributed by atoms with Crippen molar-refractivity contribution in [1.29, 1.82) is 0 Å². The molecule has 4 heteroatoms. The molecule has 1 heterocycles. The van der Waals surface area contributed by atoms with E-state index >= 15 is 0 Å². The van der Waals surface area contributed by atoms with Crippen molar-refractivity contribution in [2.24, 2.45) is 0 Å². The summed E-state index contributed by atoms with van der Waals surface area (Å²) in [4.78, 5) is 11.6. The summed E-state index contributed by atoms with van der Waals surface area (Å²) in [6, 6.07) is 15.6. The lowest BCUT2D eigenvalue weighted by molar-refractivity contribution is 0.0601. The lowest BCUT2D eigenvalue weighted by atomic mass is 10.1. The van der Waals surface area contributed by atoms with Gasteiger partial charge in [0.2, 0.25) is 0 Å². The Morgan fingerprint density at radius 1 is 1.19 bits per heavy atom. The zero-order chi connectivity index (χ0) is 14.8. The van der Waals surface area contributed by atoms with E-state index < -0.39 is 0 Å². The molecule has 21 heavy (non-hydrogen) atoms. The summed E-state index contributed by atoms with van der Waals surface area (Å²) in [5.74, 6) is 0.502. The molecule has 3 aromatic rings. The fraction of sp³-hybridized carbons (Fsp3) is 0.118. The number of esters is 1. The Morgan fingerprint density at radius 3 is 2.67 bits per heavy atom. The number of ether oxygens (including phenoxy) is 1. The van der Waals surface area contributed by atoms with Gasteiger partial charge in [0, 0.05) is 11.8 Å². The maximum absolute atomic E-state index is 11.6. The summed E-state index contributed by atoms with van der Waals surface area (Å²) in [5, 5.41) is 0.885. The Bertz CT molecular complexity index is 790. The molecule has 0 radical (unpaired) electrons. The van der Waals surface area contributed by atoms with Gasteiger partial charge >= 0.3 is 5.97 Å². The molecule has 2 aromatic carbocycles. The average Bonchev–Trinajstić information content (AvgIpc) is 2.90. The van der Waals surface area contributed by atoms with Crippen LogP contribution in [-0.4, -0.2) is 13.1 Å². The van der Waals surface area contributed by atoms with E-state index in [1.807, 2.05) is 24.3 Å². The van der Waals surface area contributed by atoms with Gasteiger partial charge in [0.15, 0.2) is 0 Å². The van der Waals surface area contributed by atoms with Crippen LogP contribution in [0.2, 0.25) is 0 Å². The van der Waals surface area contributed by atoms with Crippen molar-refractivity contribution in [2.75, 3.05) is 7.11 Å². The van der Waals surface area contributed by atoms with Crippen molar-refractivity contribution in [1.82, 2.24) is 0 Å². The summed E-state index contributed by atoms with van der Waals surface area (Å²) >= 11 is 3.44. The molecule has 0 unspecified atom stereocenters. The zero-order valence-corrected chi connectivity index (χ0v) is 13.0. The highest BCUT2D eigenvalue weighted by Gasteiger charge is 2.13. The van der Waals surface area contributed by atoms with Crippen LogP contribution in [-0.2, 0) is 11.2 Å². The van der Waals surface area contributed by atoms with Crippen molar-refractivity contribution >= 4 is 32.9 Å². The Balaban J connectivity index is 2.00. The molecule has 0 fully saturated rings. The molecule has 3 nitrogen and oxygen atoms in total. The molecule has 0 N–H and O–H groups in total. The molecule has 106 valence electrons. The van der Waals surface area contributed by atoms with Crippen LogP contribution < -0.4 is 0 Å². The monoisotopic (exact) mass is 344 g/mol. The molecule has 0 amide bonds. The first kappa shape index (κ1) is 13.9. The van der Waals surface area contributed by atoms with Gasteiger partial charge in [-0.25, -0.2) is 4.79 Å². The van der Waals surface area contributed by atoms with Crippen molar-refractivity contribution in [3.63, 3.8) is 0 Å². The molecule has 0 aliphatic carbocycles. The van der Waals surface area contributed by atoms with Gasteiger partial charge in [-0.1, -0.05) is 30.3 Å². The standard InChI is InChI=1S/C17H13BrO3/c1-20-17(19)13-8-12-9-14(21-16(12)15(18)10-13)7-11-5-3-2-4-6-11/h2-6,8-10H,7H2,1H3. The summed E-state index contributed by atoms with van der Waals surface area (Å²) in [5.41, 5.74) is 2.43. The molecule has 3 rings (SSSR count). The van der Waals surface area contributed by atoms with Crippen molar-refractivity contribution < 1.29 is 13.9 Å². The predicted molar refractivity (Wildman–Crippen MR) is 84.5 cm³/mol. The highest BCUT2D eigenvalue weighted by atomic mass is 79.9. The van der Waals surface area contributed by atoms with E-state index in [1.165, 1.54) is 12.7 Å². The number of carbonyl (C=O) groups is 1. The van der Waals surface area contributed by atoms with E-state index in [4.69, 9.17) is 9.15 Å². The van der Waals surface area contributed by atoms with Gasteiger partial charge in [0.05, 0.1) is 17.1 Å². The molecule has 0 bridgehead atoms. The number of carbonyl (C=O) groups excluding carboxylic acids is 1. The maximum Gasteiger partial charge on any atom is 0.337 e. The smallest absolute Gasteiger partial charge is 0.337 e. The number of hydrogen-bond acceptors (Lipinski definition) is 3. The van der Waals surface area contributed by atoms with Crippen LogP contribution in [0.15, 0.2) is 57.4 Å². The topological polar surface area (TPSA) is 39.4 Å². The second-order valence-electron chi connectivity index (χ2n) is 4.74. The fourth-order valence-corrected chi connectivity index (χ4v) is 2.84. The molecule has 0 saturated heterocycles. The third-order valence-electron chi connectivity index (χ3n) is 3.26. The first-order chi connectivity index (χ1) is 10.2. The maximum atomic E-state index is 11.6. The van der Waals surface area contributed by atoms with E-state index in [9.17, 15) is 4.79 Å². The predicted octanol–water partition coefficient (Wildman–Crippen LogP) is 4.57. The van der Waals surface area contributed by atoms with Crippen LogP contribution in [0.4, 0.5) is 0 Å². The SMILES string of the molecule is COC(=O)c1cc(Br)c2oc(Cc3ccccc3)cc2c1. The lowest BCUT2D eigenvalue weighted by Gasteiger charge is -2.00. The van der Waals surface area contributed by atoms with Gasteiger partial charge in [0.25, 0.3) is 0 Å². The van der Waals surface area contributed by atoms with Gasteiger partial charge in [0.1, 0.15) is 11.3 Å². The molecular formula is C17H13BrO3. The number of benzene rings is 2. The van der Waals surface area contributed by atoms with Crippen molar-refractivity contribution in [3.8, 4) is 0 Å². The number of halogens is 1. The number of methoxy groups -OCH3 is 1. The highest BCUT2D eigenvalue weighted by molar-refractivity contribution is 9.10. The molecule has 0 saturated carbocycles. The third-order valence-corrected chi connectivity index (χ3v) is 3.85. The zero-order valence-electron chi connectivity index (χ0n) is 11.4. The van der Waals surface area contributed by atoms with E-state index in [0.717, 1.165) is 27.6 Å². The van der Waals surface area contributed by atoms with Gasteiger partial charge < -0.3 is 9.15 Å². The van der Waals surface area contributed by atoms with Crippen LogP contribution in [0.25, 0.3) is 11.0 Å². The Hall–Kier alpha value is -2.07. The molecule has 1 aromatic heterocycles. The Labute approximate surface area is 130 Å². The number of hydrogen-bond donors (Lipinski definition) is 0. The Kier molecular flexibility index (Phi) is 3.80. The van der Waals surface area contributed by atoms with Crippen molar-refractivity contribution in [2.45, 2.75) is 6.42 Å². The average molecular weight is 345 g/mol. The van der Waals surface area contributed by atoms with Crippen LogP contribution in [0, 0.1) is 0 Å². The number of furan rings is 1. The summed E-state index contributed by atoms with van der Waals surface area (Å²) in [6.45, 7) is 0. The van der Waals surface area contributed by atoms with Crippen LogP contribution >= 0.6 is 15.9 Å². The molecule has 0 atom stereocenters. The van der Waals surface area contributed by atoms with Gasteiger partial charge in [-0.2, -0.15) is 0 Å². The number of rotatable bonds is 3.